The zero-order valence-corrected chi connectivity index (χ0v) is 12.3. The third-order valence-corrected chi connectivity index (χ3v) is 3.08. The smallest absolute Gasteiger partial charge is 0.318 e. The molecule has 3 amide bonds. The van der Waals surface area contributed by atoms with Crippen LogP contribution in [0.5, 0.6) is 0 Å². The molecule has 0 aromatic heterocycles. The Morgan fingerprint density at radius 3 is 2.71 bits per heavy atom. The molecule has 1 atom stereocenters. The maximum absolute atomic E-state index is 12.1. The van der Waals surface area contributed by atoms with Crippen LogP contribution in [-0.4, -0.2) is 66.8 Å². The number of carboxylic acid groups (broad SMARTS) is 1. The van der Waals surface area contributed by atoms with Crippen LogP contribution in [0.2, 0.25) is 0 Å². The summed E-state index contributed by atoms with van der Waals surface area (Å²) in [5.74, 6) is -1.12. The van der Waals surface area contributed by atoms with Gasteiger partial charge < -0.3 is 25.4 Å². The van der Waals surface area contributed by atoms with E-state index in [-0.39, 0.29) is 31.5 Å². The molecule has 1 fully saturated rings. The van der Waals surface area contributed by atoms with Gasteiger partial charge in [0.2, 0.25) is 5.91 Å². The largest absolute Gasteiger partial charge is 0.481 e. The van der Waals surface area contributed by atoms with E-state index in [1.807, 2.05) is 6.92 Å². The standard InChI is InChI=1S/C13H23N3O5/c1-2-5-14-12(19)10-9-21-8-7-16(10)13(20)15-6-3-4-11(17)18/h10H,2-9H2,1H3,(H,14,19)(H,15,20)(H,17,18). The number of amides is 3. The van der Waals surface area contributed by atoms with Crippen LogP contribution in [0, 0.1) is 0 Å². The topological polar surface area (TPSA) is 108 Å². The summed E-state index contributed by atoms with van der Waals surface area (Å²) >= 11 is 0. The van der Waals surface area contributed by atoms with Crippen LogP contribution in [0.15, 0.2) is 0 Å². The van der Waals surface area contributed by atoms with E-state index in [0.29, 0.717) is 26.1 Å². The number of rotatable bonds is 7. The van der Waals surface area contributed by atoms with Gasteiger partial charge in [-0.1, -0.05) is 6.92 Å². The molecule has 0 bridgehead atoms. The Morgan fingerprint density at radius 1 is 1.29 bits per heavy atom. The maximum atomic E-state index is 12.1. The van der Waals surface area contributed by atoms with Gasteiger partial charge >= 0.3 is 12.0 Å². The van der Waals surface area contributed by atoms with Gasteiger partial charge in [-0.05, 0) is 12.8 Å². The van der Waals surface area contributed by atoms with Crippen molar-refractivity contribution in [2.45, 2.75) is 32.2 Å². The molecule has 120 valence electrons. The van der Waals surface area contributed by atoms with Crippen molar-refractivity contribution in [1.29, 1.82) is 0 Å². The Labute approximate surface area is 123 Å². The molecule has 21 heavy (non-hydrogen) atoms. The number of nitrogens with zero attached hydrogens (tertiary/aromatic N) is 1. The van der Waals surface area contributed by atoms with Crippen molar-refractivity contribution >= 4 is 17.9 Å². The van der Waals surface area contributed by atoms with Gasteiger partial charge in [-0.3, -0.25) is 9.59 Å². The van der Waals surface area contributed by atoms with Gasteiger partial charge in [-0.15, -0.1) is 0 Å². The number of carboxylic acids is 1. The summed E-state index contributed by atoms with van der Waals surface area (Å²) in [6.45, 7) is 3.69. The highest BCUT2D eigenvalue weighted by Crippen LogP contribution is 2.07. The van der Waals surface area contributed by atoms with E-state index >= 15 is 0 Å². The minimum Gasteiger partial charge on any atom is -0.481 e. The molecule has 8 heteroatoms. The second-order valence-electron chi connectivity index (χ2n) is 4.80. The molecule has 0 spiro atoms. The molecule has 1 aliphatic heterocycles. The van der Waals surface area contributed by atoms with Crippen LogP contribution in [0.1, 0.15) is 26.2 Å². The van der Waals surface area contributed by atoms with Gasteiger partial charge in [0.25, 0.3) is 0 Å². The van der Waals surface area contributed by atoms with Gasteiger partial charge in [-0.2, -0.15) is 0 Å². The molecule has 1 rings (SSSR count). The minimum atomic E-state index is -0.896. The van der Waals surface area contributed by atoms with Crippen molar-refractivity contribution in [2.24, 2.45) is 0 Å². The lowest BCUT2D eigenvalue weighted by molar-refractivity contribution is -0.137. The Bertz CT molecular complexity index is 375. The number of hydrogen-bond acceptors (Lipinski definition) is 4. The summed E-state index contributed by atoms with van der Waals surface area (Å²) in [6, 6.07) is -0.995. The van der Waals surface area contributed by atoms with Crippen LogP contribution in [0.25, 0.3) is 0 Å². The maximum Gasteiger partial charge on any atom is 0.318 e. The third-order valence-electron chi connectivity index (χ3n) is 3.08. The summed E-state index contributed by atoms with van der Waals surface area (Å²) in [4.78, 5) is 35.9. The molecule has 0 aromatic rings. The zero-order chi connectivity index (χ0) is 15.7. The number of aliphatic carboxylic acids is 1. The normalized spacial score (nSPS) is 18.1. The molecule has 0 saturated carbocycles. The first-order chi connectivity index (χ1) is 10.1. The molecule has 1 saturated heterocycles. The van der Waals surface area contributed by atoms with Crippen molar-refractivity contribution in [1.82, 2.24) is 15.5 Å². The fourth-order valence-electron chi connectivity index (χ4n) is 1.97. The second kappa shape index (κ2) is 9.17. The van der Waals surface area contributed by atoms with Crippen LogP contribution >= 0.6 is 0 Å². The quantitative estimate of drug-likeness (QED) is 0.564. The number of hydrogen-bond donors (Lipinski definition) is 3. The van der Waals surface area contributed by atoms with Gasteiger partial charge in [-0.25, -0.2) is 4.79 Å². The Balaban J connectivity index is 2.45. The molecule has 3 N–H and O–H groups in total. The van der Waals surface area contributed by atoms with E-state index < -0.39 is 12.0 Å². The second-order valence-corrected chi connectivity index (χ2v) is 4.80. The molecule has 8 nitrogen and oxygen atoms in total. The Kier molecular flexibility index (Phi) is 7.52. The van der Waals surface area contributed by atoms with E-state index in [1.54, 1.807) is 0 Å². The first-order valence-electron chi connectivity index (χ1n) is 7.18. The monoisotopic (exact) mass is 301 g/mol. The first-order valence-corrected chi connectivity index (χ1v) is 7.18. The van der Waals surface area contributed by atoms with Gasteiger partial charge in [0, 0.05) is 26.1 Å². The van der Waals surface area contributed by atoms with E-state index in [9.17, 15) is 14.4 Å². The fraction of sp³-hybridized carbons (Fsp3) is 0.769. The third kappa shape index (κ3) is 5.99. The molecule has 0 aromatic carbocycles. The molecular formula is C13H23N3O5. The fourth-order valence-corrected chi connectivity index (χ4v) is 1.97. The predicted octanol–water partition coefficient (Wildman–Crippen LogP) is -0.212. The molecule has 1 heterocycles. The minimum absolute atomic E-state index is 0.00378. The van der Waals surface area contributed by atoms with Crippen LogP contribution in [-0.2, 0) is 14.3 Å². The number of ether oxygens (including phenoxy) is 1. The van der Waals surface area contributed by atoms with Crippen molar-refractivity contribution in [3.63, 3.8) is 0 Å². The lowest BCUT2D eigenvalue weighted by atomic mass is 10.2. The zero-order valence-electron chi connectivity index (χ0n) is 12.3. The summed E-state index contributed by atoms with van der Waals surface area (Å²) in [5.41, 5.74) is 0. The van der Waals surface area contributed by atoms with Crippen molar-refractivity contribution in [3.05, 3.63) is 0 Å². The number of nitrogens with one attached hydrogen (secondary N) is 2. The number of urea groups is 1. The van der Waals surface area contributed by atoms with E-state index in [0.717, 1.165) is 6.42 Å². The van der Waals surface area contributed by atoms with E-state index in [1.165, 1.54) is 4.90 Å². The number of carbonyl (C=O) groups excluding carboxylic acids is 2. The Hall–Kier alpha value is -1.83. The lowest BCUT2D eigenvalue weighted by Crippen LogP contribution is -2.58. The van der Waals surface area contributed by atoms with Gasteiger partial charge in [0.1, 0.15) is 6.04 Å². The van der Waals surface area contributed by atoms with Gasteiger partial charge in [0.15, 0.2) is 0 Å². The van der Waals surface area contributed by atoms with Crippen LogP contribution in [0.3, 0.4) is 0 Å². The highest BCUT2D eigenvalue weighted by atomic mass is 16.5. The average Bonchev–Trinajstić information content (AvgIpc) is 2.48. The SMILES string of the molecule is CCCNC(=O)C1COCCN1C(=O)NCCCC(=O)O. The average molecular weight is 301 g/mol. The summed E-state index contributed by atoms with van der Waals surface area (Å²) in [6.07, 6.45) is 1.18. The molecule has 1 unspecified atom stereocenters. The van der Waals surface area contributed by atoms with E-state index in [4.69, 9.17) is 9.84 Å². The summed E-state index contributed by atoms with van der Waals surface area (Å²) < 4.78 is 5.26. The highest BCUT2D eigenvalue weighted by Gasteiger charge is 2.32. The predicted molar refractivity (Wildman–Crippen MR) is 74.9 cm³/mol. The van der Waals surface area contributed by atoms with Gasteiger partial charge in [0.05, 0.1) is 13.2 Å². The number of carbonyl (C=O) groups is 3. The molecule has 1 aliphatic rings. The lowest BCUT2D eigenvalue weighted by Gasteiger charge is -2.34. The van der Waals surface area contributed by atoms with E-state index in [2.05, 4.69) is 10.6 Å². The van der Waals surface area contributed by atoms with Crippen LogP contribution in [0.4, 0.5) is 4.79 Å². The number of morpholine rings is 1. The van der Waals surface area contributed by atoms with Crippen molar-refractivity contribution in [3.8, 4) is 0 Å². The molecule has 0 aliphatic carbocycles. The van der Waals surface area contributed by atoms with Crippen molar-refractivity contribution in [2.75, 3.05) is 32.8 Å². The Morgan fingerprint density at radius 2 is 2.05 bits per heavy atom. The molecule has 0 radical (unpaired) electrons. The summed E-state index contributed by atoms with van der Waals surface area (Å²) in [5, 5.41) is 13.9. The van der Waals surface area contributed by atoms with Crippen LogP contribution < -0.4 is 10.6 Å². The first kappa shape index (κ1) is 17.2. The van der Waals surface area contributed by atoms with Crippen molar-refractivity contribution < 1.29 is 24.2 Å². The molecular weight excluding hydrogens is 278 g/mol. The highest BCUT2D eigenvalue weighted by molar-refractivity contribution is 5.87. The summed E-state index contributed by atoms with van der Waals surface area (Å²) in [7, 11) is 0.